The van der Waals surface area contributed by atoms with Crippen molar-refractivity contribution in [2.75, 3.05) is 13.2 Å². The van der Waals surface area contributed by atoms with E-state index in [0.29, 0.717) is 26.1 Å². The zero-order chi connectivity index (χ0) is 15.5. The Labute approximate surface area is 122 Å². The third-order valence-electron chi connectivity index (χ3n) is 3.97. The monoisotopic (exact) mass is 295 g/mol. The van der Waals surface area contributed by atoms with E-state index < -0.39 is 17.7 Å². The van der Waals surface area contributed by atoms with Crippen LogP contribution in [0.3, 0.4) is 0 Å². The topological polar surface area (TPSA) is 75.6 Å². The standard InChI is InChI=1S/C15H18FNO4/c1-2-15(5-7-21-8-6-15)17-13(18)11-4-3-10(14(19)20)9-12(11)16/h3-4,9H,2,5-8H2,1H3,(H,17,18)(H,19,20). The Morgan fingerprint density at radius 2 is 2.05 bits per heavy atom. The number of hydrogen-bond acceptors (Lipinski definition) is 3. The minimum atomic E-state index is -1.23. The Kier molecular flexibility index (Phi) is 4.57. The number of nitrogens with one attached hydrogen (secondary N) is 1. The molecule has 0 saturated carbocycles. The van der Waals surface area contributed by atoms with Crippen LogP contribution in [0.1, 0.15) is 46.9 Å². The van der Waals surface area contributed by atoms with Crippen LogP contribution in [0.15, 0.2) is 18.2 Å². The maximum absolute atomic E-state index is 13.9. The first-order valence-electron chi connectivity index (χ1n) is 6.90. The van der Waals surface area contributed by atoms with Crippen LogP contribution in [0.25, 0.3) is 0 Å². The Balaban J connectivity index is 2.18. The summed E-state index contributed by atoms with van der Waals surface area (Å²) in [5, 5.41) is 11.7. The number of carboxylic acids is 1. The lowest BCUT2D eigenvalue weighted by Gasteiger charge is -2.37. The van der Waals surface area contributed by atoms with Crippen LogP contribution < -0.4 is 5.32 Å². The average molecular weight is 295 g/mol. The molecule has 5 nitrogen and oxygen atoms in total. The molecule has 1 aliphatic rings. The Bertz CT molecular complexity index is 553. The molecule has 2 rings (SSSR count). The van der Waals surface area contributed by atoms with E-state index in [1.165, 1.54) is 12.1 Å². The lowest BCUT2D eigenvalue weighted by atomic mass is 9.87. The predicted octanol–water partition coefficient (Wildman–Crippen LogP) is 2.21. The maximum atomic E-state index is 13.9. The molecular formula is C15H18FNO4. The maximum Gasteiger partial charge on any atom is 0.335 e. The summed E-state index contributed by atoms with van der Waals surface area (Å²) in [7, 11) is 0. The van der Waals surface area contributed by atoms with Crippen molar-refractivity contribution in [3.05, 3.63) is 35.1 Å². The van der Waals surface area contributed by atoms with Gasteiger partial charge in [0.2, 0.25) is 0 Å². The van der Waals surface area contributed by atoms with Crippen LogP contribution in [0.4, 0.5) is 4.39 Å². The summed E-state index contributed by atoms with van der Waals surface area (Å²) in [6.07, 6.45) is 2.10. The first-order valence-corrected chi connectivity index (χ1v) is 6.90. The fourth-order valence-electron chi connectivity index (χ4n) is 2.47. The number of carbonyl (C=O) groups is 2. The molecule has 21 heavy (non-hydrogen) atoms. The summed E-state index contributed by atoms with van der Waals surface area (Å²) in [5.74, 6) is -2.57. The summed E-state index contributed by atoms with van der Waals surface area (Å²) >= 11 is 0. The smallest absolute Gasteiger partial charge is 0.335 e. The average Bonchev–Trinajstić information content (AvgIpc) is 2.47. The summed E-state index contributed by atoms with van der Waals surface area (Å²) < 4.78 is 19.2. The van der Waals surface area contributed by atoms with E-state index in [1.54, 1.807) is 0 Å². The fraction of sp³-hybridized carbons (Fsp3) is 0.467. The molecule has 0 atom stereocenters. The van der Waals surface area contributed by atoms with Gasteiger partial charge in [0.15, 0.2) is 0 Å². The highest BCUT2D eigenvalue weighted by Gasteiger charge is 2.33. The third kappa shape index (κ3) is 3.39. The Hall–Kier alpha value is -1.95. The summed E-state index contributed by atoms with van der Waals surface area (Å²) in [6.45, 7) is 3.10. The lowest BCUT2D eigenvalue weighted by Crippen LogP contribution is -2.51. The van der Waals surface area contributed by atoms with Gasteiger partial charge in [-0.3, -0.25) is 4.79 Å². The minimum Gasteiger partial charge on any atom is -0.478 e. The van der Waals surface area contributed by atoms with Gasteiger partial charge >= 0.3 is 5.97 Å². The molecule has 0 bridgehead atoms. The molecule has 0 radical (unpaired) electrons. The van der Waals surface area contributed by atoms with Crippen molar-refractivity contribution in [3.63, 3.8) is 0 Å². The number of carboxylic acid groups (broad SMARTS) is 1. The van der Waals surface area contributed by atoms with Crippen molar-refractivity contribution in [2.45, 2.75) is 31.7 Å². The molecule has 1 aliphatic heterocycles. The second kappa shape index (κ2) is 6.22. The molecule has 2 N–H and O–H groups in total. The van der Waals surface area contributed by atoms with E-state index in [1.807, 2.05) is 6.92 Å². The molecule has 0 spiro atoms. The van der Waals surface area contributed by atoms with Gasteiger partial charge in [0.05, 0.1) is 11.1 Å². The zero-order valence-electron chi connectivity index (χ0n) is 11.8. The molecule has 114 valence electrons. The molecule has 0 aromatic heterocycles. The quantitative estimate of drug-likeness (QED) is 0.893. The van der Waals surface area contributed by atoms with Gasteiger partial charge in [-0.05, 0) is 37.5 Å². The van der Waals surface area contributed by atoms with Crippen LogP contribution in [0.5, 0.6) is 0 Å². The summed E-state index contributed by atoms with van der Waals surface area (Å²) in [6, 6.07) is 3.29. The first-order chi connectivity index (χ1) is 9.97. The second-order valence-electron chi connectivity index (χ2n) is 5.20. The highest BCUT2D eigenvalue weighted by Crippen LogP contribution is 2.25. The van der Waals surface area contributed by atoms with Crippen molar-refractivity contribution in [2.24, 2.45) is 0 Å². The van der Waals surface area contributed by atoms with E-state index >= 15 is 0 Å². The molecule has 1 aromatic rings. The van der Waals surface area contributed by atoms with E-state index in [9.17, 15) is 14.0 Å². The van der Waals surface area contributed by atoms with Crippen molar-refractivity contribution < 1.29 is 23.8 Å². The van der Waals surface area contributed by atoms with Gasteiger partial charge in [-0.15, -0.1) is 0 Å². The van der Waals surface area contributed by atoms with Gasteiger partial charge < -0.3 is 15.2 Å². The Morgan fingerprint density at radius 1 is 1.38 bits per heavy atom. The van der Waals surface area contributed by atoms with Crippen LogP contribution in [0, 0.1) is 5.82 Å². The molecule has 1 fully saturated rings. The van der Waals surface area contributed by atoms with Gasteiger partial charge in [0.1, 0.15) is 5.82 Å². The first kappa shape index (κ1) is 15.4. The number of hydrogen-bond donors (Lipinski definition) is 2. The molecule has 1 heterocycles. The van der Waals surface area contributed by atoms with Gasteiger partial charge in [-0.2, -0.15) is 0 Å². The number of carbonyl (C=O) groups excluding carboxylic acids is 1. The molecule has 1 amide bonds. The van der Waals surface area contributed by atoms with Gasteiger partial charge in [0.25, 0.3) is 5.91 Å². The van der Waals surface area contributed by atoms with Crippen molar-refractivity contribution in [3.8, 4) is 0 Å². The van der Waals surface area contributed by atoms with Crippen molar-refractivity contribution >= 4 is 11.9 Å². The van der Waals surface area contributed by atoms with Gasteiger partial charge in [0, 0.05) is 18.8 Å². The van der Waals surface area contributed by atoms with Crippen LogP contribution in [-0.2, 0) is 4.74 Å². The SMILES string of the molecule is CCC1(NC(=O)c2ccc(C(=O)O)cc2F)CCOCC1. The number of rotatable bonds is 4. The van der Waals surface area contributed by atoms with E-state index in [2.05, 4.69) is 5.32 Å². The highest BCUT2D eigenvalue weighted by atomic mass is 19.1. The predicted molar refractivity (Wildman–Crippen MR) is 73.9 cm³/mol. The lowest BCUT2D eigenvalue weighted by molar-refractivity contribution is 0.0344. The van der Waals surface area contributed by atoms with Crippen LogP contribution >= 0.6 is 0 Å². The molecular weight excluding hydrogens is 277 g/mol. The number of aromatic carboxylic acids is 1. The van der Waals surface area contributed by atoms with E-state index in [4.69, 9.17) is 9.84 Å². The number of benzene rings is 1. The van der Waals surface area contributed by atoms with Crippen LogP contribution in [-0.4, -0.2) is 35.7 Å². The third-order valence-corrected chi connectivity index (χ3v) is 3.97. The van der Waals surface area contributed by atoms with Gasteiger partial charge in [-0.25, -0.2) is 9.18 Å². The highest BCUT2D eigenvalue weighted by molar-refractivity contribution is 5.96. The second-order valence-corrected chi connectivity index (χ2v) is 5.20. The largest absolute Gasteiger partial charge is 0.478 e. The van der Waals surface area contributed by atoms with E-state index in [0.717, 1.165) is 12.5 Å². The number of halogens is 1. The zero-order valence-corrected chi connectivity index (χ0v) is 11.8. The molecule has 1 aromatic carbocycles. The fourth-order valence-corrected chi connectivity index (χ4v) is 2.47. The molecule has 1 saturated heterocycles. The molecule has 6 heteroatoms. The van der Waals surface area contributed by atoms with Crippen LogP contribution in [0.2, 0.25) is 0 Å². The minimum absolute atomic E-state index is 0.140. The summed E-state index contributed by atoms with van der Waals surface area (Å²) in [5.41, 5.74) is -0.701. The molecule has 0 unspecified atom stereocenters. The Morgan fingerprint density at radius 3 is 2.57 bits per heavy atom. The number of amides is 1. The normalized spacial score (nSPS) is 17.2. The summed E-state index contributed by atoms with van der Waals surface area (Å²) in [4.78, 5) is 23.0. The number of ether oxygens (including phenoxy) is 1. The van der Waals surface area contributed by atoms with Gasteiger partial charge in [-0.1, -0.05) is 6.92 Å². The van der Waals surface area contributed by atoms with Crippen molar-refractivity contribution in [1.82, 2.24) is 5.32 Å². The molecule has 0 aliphatic carbocycles. The van der Waals surface area contributed by atoms with Crippen molar-refractivity contribution in [1.29, 1.82) is 0 Å². The van der Waals surface area contributed by atoms with E-state index in [-0.39, 0.29) is 16.7 Å².